The topological polar surface area (TPSA) is 35.5 Å². The molecule has 0 aliphatic carbocycles. The molecule has 0 heterocycles. The van der Waals surface area contributed by atoms with Gasteiger partial charge in [-0.05, 0) is 18.9 Å². The molecule has 1 atom stereocenters. The first-order valence-electron chi connectivity index (χ1n) is 6.82. The molecule has 1 aromatic rings. The maximum absolute atomic E-state index is 11.9. The van der Waals surface area contributed by atoms with Gasteiger partial charge in [0.25, 0.3) is 0 Å². The largest absolute Gasteiger partial charge is 0.469 e. The van der Waals surface area contributed by atoms with Crippen molar-refractivity contribution < 1.29 is 14.3 Å². The second-order valence-electron chi connectivity index (χ2n) is 5.13. The molecule has 19 heavy (non-hydrogen) atoms. The van der Waals surface area contributed by atoms with Crippen molar-refractivity contribution in [1.82, 2.24) is 0 Å². The van der Waals surface area contributed by atoms with Crippen LogP contribution in [0.25, 0.3) is 0 Å². The van der Waals surface area contributed by atoms with Crippen LogP contribution in [0.3, 0.4) is 0 Å². The zero-order valence-electron chi connectivity index (χ0n) is 12.1. The van der Waals surface area contributed by atoms with Gasteiger partial charge in [-0.25, -0.2) is 0 Å². The Morgan fingerprint density at radius 1 is 1.26 bits per heavy atom. The number of unbranched alkanes of at least 4 members (excludes halogenated alkanes) is 1. The molecule has 1 rings (SSSR count). The fourth-order valence-electron chi connectivity index (χ4n) is 2.01. The van der Waals surface area contributed by atoms with Crippen LogP contribution in [0.1, 0.15) is 38.7 Å². The SMILES string of the molecule is CCCC[C@@](C)(COCc1ccccc1)C(=O)OC. The molecule has 1 aromatic carbocycles. The number of ether oxygens (including phenoxy) is 2. The molecule has 0 radical (unpaired) electrons. The highest BCUT2D eigenvalue weighted by Crippen LogP contribution is 2.26. The first kappa shape index (κ1) is 15.7. The summed E-state index contributed by atoms with van der Waals surface area (Å²) in [6.45, 7) is 4.95. The summed E-state index contributed by atoms with van der Waals surface area (Å²) >= 11 is 0. The molecule has 0 N–H and O–H groups in total. The predicted octanol–water partition coefficient (Wildman–Crippen LogP) is 3.57. The standard InChI is InChI=1S/C16H24O3/c1-4-5-11-16(2,15(17)18-3)13-19-12-14-9-7-6-8-10-14/h6-10H,4-5,11-13H2,1-3H3/t16-/m0/s1. The first-order valence-corrected chi connectivity index (χ1v) is 6.82. The molecule has 0 fully saturated rings. The Labute approximate surface area is 115 Å². The van der Waals surface area contributed by atoms with Crippen LogP contribution < -0.4 is 0 Å². The maximum Gasteiger partial charge on any atom is 0.313 e. The first-order chi connectivity index (χ1) is 9.12. The summed E-state index contributed by atoms with van der Waals surface area (Å²) < 4.78 is 10.6. The predicted molar refractivity (Wildman–Crippen MR) is 75.7 cm³/mol. The molecule has 0 spiro atoms. The van der Waals surface area contributed by atoms with E-state index < -0.39 is 5.41 Å². The van der Waals surface area contributed by atoms with E-state index in [1.54, 1.807) is 0 Å². The van der Waals surface area contributed by atoms with Gasteiger partial charge in [0.05, 0.1) is 25.7 Å². The van der Waals surface area contributed by atoms with E-state index in [-0.39, 0.29) is 5.97 Å². The number of carbonyl (C=O) groups excluding carboxylic acids is 1. The summed E-state index contributed by atoms with van der Waals surface area (Å²) in [5.74, 6) is -0.186. The van der Waals surface area contributed by atoms with E-state index in [1.807, 2.05) is 37.3 Å². The van der Waals surface area contributed by atoms with E-state index in [1.165, 1.54) is 7.11 Å². The molecule has 0 saturated carbocycles. The van der Waals surface area contributed by atoms with Gasteiger partial charge in [-0.2, -0.15) is 0 Å². The average Bonchev–Trinajstić information content (AvgIpc) is 2.45. The van der Waals surface area contributed by atoms with Gasteiger partial charge in [0, 0.05) is 0 Å². The molecule has 0 bridgehead atoms. The molecular formula is C16H24O3. The van der Waals surface area contributed by atoms with E-state index in [9.17, 15) is 4.79 Å². The van der Waals surface area contributed by atoms with E-state index in [2.05, 4.69) is 6.92 Å². The van der Waals surface area contributed by atoms with Crippen LogP contribution in [-0.4, -0.2) is 19.7 Å². The number of esters is 1. The highest BCUT2D eigenvalue weighted by Gasteiger charge is 2.34. The highest BCUT2D eigenvalue weighted by atomic mass is 16.5. The van der Waals surface area contributed by atoms with Crippen LogP contribution in [0, 0.1) is 5.41 Å². The summed E-state index contributed by atoms with van der Waals surface area (Å²) in [7, 11) is 1.43. The van der Waals surface area contributed by atoms with Crippen molar-refractivity contribution in [2.45, 2.75) is 39.7 Å². The van der Waals surface area contributed by atoms with E-state index in [4.69, 9.17) is 9.47 Å². The molecule has 3 nitrogen and oxygen atoms in total. The molecule has 0 saturated heterocycles. The van der Waals surface area contributed by atoms with Crippen molar-refractivity contribution >= 4 is 5.97 Å². The second-order valence-corrected chi connectivity index (χ2v) is 5.13. The zero-order valence-corrected chi connectivity index (χ0v) is 12.1. The van der Waals surface area contributed by atoms with Crippen LogP contribution in [-0.2, 0) is 20.9 Å². The van der Waals surface area contributed by atoms with Crippen LogP contribution >= 0.6 is 0 Å². The van der Waals surface area contributed by atoms with Gasteiger partial charge in [-0.15, -0.1) is 0 Å². The number of rotatable bonds is 8. The molecular weight excluding hydrogens is 240 g/mol. The molecule has 0 amide bonds. The van der Waals surface area contributed by atoms with Gasteiger partial charge in [0.1, 0.15) is 0 Å². The Kier molecular flexibility index (Phi) is 6.57. The van der Waals surface area contributed by atoms with Gasteiger partial charge in [0.15, 0.2) is 0 Å². The smallest absolute Gasteiger partial charge is 0.313 e. The molecule has 3 heteroatoms. The van der Waals surface area contributed by atoms with Crippen molar-refractivity contribution in [3.8, 4) is 0 Å². The lowest BCUT2D eigenvalue weighted by Gasteiger charge is -2.26. The third-order valence-electron chi connectivity index (χ3n) is 3.29. The summed E-state index contributed by atoms with van der Waals surface area (Å²) in [5.41, 5.74) is 0.574. The van der Waals surface area contributed by atoms with Crippen molar-refractivity contribution in [1.29, 1.82) is 0 Å². The summed E-state index contributed by atoms with van der Waals surface area (Å²) in [4.78, 5) is 11.9. The molecule has 0 aromatic heterocycles. The summed E-state index contributed by atoms with van der Waals surface area (Å²) in [5, 5.41) is 0. The third kappa shape index (κ3) is 5.03. The van der Waals surface area contributed by atoms with Gasteiger partial charge < -0.3 is 9.47 Å². The monoisotopic (exact) mass is 264 g/mol. The second kappa shape index (κ2) is 7.95. The Hall–Kier alpha value is -1.35. The minimum absolute atomic E-state index is 0.186. The van der Waals surface area contributed by atoms with Crippen LogP contribution in [0.2, 0.25) is 0 Å². The lowest BCUT2D eigenvalue weighted by atomic mass is 9.86. The lowest BCUT2D eigenvalue weighted by Crippen LogP contribution is -2.34. The molecule has 0 aliphatic rings. The molecule has 0 unspecified atom stereocenters. The fraction of sp³-hybridized carbons (Fsp3) is 0.562. The van der Waals surface area contributed by atoms with Gasteiger partial charge in [-0.3, -0.25) is 4.79 Å². The van der Waals surface area contributed by atoms with Crippen molar-refractivity contribution in [2.75, 3.05) is 13.7 Å². The number of hydrogen-bond donors (Lipinski definition) is 0. The average molecular weight is 264 g/mol. The lowest BCUT2D eigenvalue weighted by molar-refractivity contribution is -0.156. The quantitative estimate of drug-likeness (QED) is 0.673. The van der Waals surface area contributed by atoms with Crippen LogP contribution in [0.15, 0.2) is 30.3 Å². The van der Waals surface area contributed by atoms with Crippen molar-refractivity contribution in [3.63, 3.8) is 0 Å². The minimum atomic E-state index is -0.542. The van der Waals surface area contributed by atoms with Crippen LogP contribution in [0.5, 0.6) is 0 Å². The zero-order chi connectivity index (χ0) is 14.1. The number of carbonyl (C=O) groups is 1. The van der Waals surface area contributed by atoms with Crippen LogP contribution in [0.4, 0.5) is 0 Å². The molecule has 106 valence electrons. The Morgan fingerprint density at radius 3 is 2.53 bits per heavy atom. The van der Waals surface area contributed by atoms with Gasteiger partial charge in [-0.1, -0.05) is 50.1 Å². The Bertz CT molecular complexity index is 375. The fourth-order valence-corrected chi connectivity index (χ4v) is 2.01. The maximum atomic E-state index is 11.9. The number of hydrogen-bond acceptors (Lipinski definition) is 3. The van der Waals surface area contributed by atoms with E-state index in [0.717, 1.165) is 24.8 Å². The summed E-state index contributed by atoms with van der Waals surface area (Å²) in [6, 6.07) is 9.97. The number of benzene rings is 1. The Balaban J connectivity index is 2.51. The van der Waals surface area contributed by atoms with E-state index >= 15 is 0 Å². The highest BCUT2D eigenvalue weighted by molar-refractivity contribution is 5.76. The van der Waals surface area contributed by atoms with Crippen molar-refractivity contribution in [2.24, 2.45) is 5.41 Å². The van der Waals surface area contributed by atoms with E-state index in [0.29, 0.717) is 13.2 Å². The normalized spacial score (nSPS) is 13.8. The Morgan fingerprint density at radius 2 is 1.95 bits per heavy atom. The third-order valence-corrected chi connectivity index (χ3v) is 3.29. The van der Waals surface area contributed by atoms with Gasteiger partial charge >= 0.3 is 5.97 Å². The minimum Gasteiger partial charge on any atom is -0.469 e. The van der Waals surface area contributed by atoms with Gasteiger partial charge in [0.2, 0.25) is 0 Å². The number of methoxy groups -OCH3 is 1. The molecule has 0 aliphatic heterocycles. The van der Waals surface area contributed by atoms with Crippen molar-refractivity contribution in [3.05, 3.63) is 35.9 Å². The summed E-state index contributed by atoms with van der Waals surface area (Å²) in [6.07, 6.45) is 2.86.